The number of hydrogen-bond donors (Lipinski definition) is 1. The Kier molecular flexibility index (Phi) is 5.73. The lowest BCUT2D eigenvalue weighted by Crippen LogP contribution is -2.57. The van der Waals surface area contributed by atoms with E-state index < -0.39 is 5.82 Å². The van der Waals surface area contributed by atoms with E-state index in [1.165, 1.54) is 17.0 Å². The van der Waals surface area contributed by atoms with E-state index in [2.05, 4.69) is 10.4 Å². The molecule has 1 aromatic carbocycles. The molecule has 1 N–H and O–H groups in total. The average Bonchev–Trinajstić information content (AvgIpc) is 2.90. The lowest BCUT2D eigenvalue weighted by atomic mass is 9.99. The first kappa shape index (κ1) is 18.9. The number of rotatable bonds is 7. The first-order valence-corrected chi connectivity index (χ1v) is 8.88. The Labute approximate surface area is 157 Å². The fraction of sp³-hybridized carbons (Fsp3) is 0.421. The van der Waals surface area contributed by atoms with Gasteiger partial charge >= 0.3 is 0 Å². The van der Waals surface area contributed by atoms with Crippen LogP contribution in [0.4, 0.5) is 4.39 Å². The van der Waals surface area contributed by atoms with Crippen molar-refractivity contribution in [1.82, 2.24) is 20.0 Å². The molecule has 1 aromatic heterocycles. The van der Waals surface area contributed by atoms with Crippen LogP contribution in [0.25, 0.3) is 0 Å². The van der Waals surface area contributed by atoms with E-state index >= 15 is 0 Å². The maximum atomic E-state index is 13.5. The predicted molar refractivity (Wildman–Crippen MR) is 96.7 cm³/mol. The minimum atomic E-state index is -0.506. The molecule has 27 heavy (non-hydrogen) atoms. The highest BCUT2D eigenvalue weighted by atomic mass is 19.1. The van der Waals surface area contributed by atoms with Gasteiger partial charge in [-0.25, -0.2) is 4.39 Å². The summed E-state index contributed by atoms with van der Waals surface area (Å²) < 4.78 is 20.5. The molecule has 1 saturated heterocycles. The summed E-state index contributed by atoms with van der Waals surface area (Å²) >= 11 is 0. The van der Waals surface area contributed by atoms with Crippen molar-refractivity contribution in [2.24, 2.45) is 5.92 Å². The zero-order chi connectivity index (χ0) is 19.4. The van der Waals surface area contributed by atoms with Crippen LogP contribution in [0, 0.1) is 25.6 Å². The van der Waals surface area contributed by atoms with Gasteiger partial charge in [-0.3, -0.25) is 14.3 Å². The molecule has 0 bridgehead atoms. The number of nitrogens with one attached hydrogen (secondary N) is 1. The van der Waals surface area contributed by atoms with Crippen molar-refractivity contribution in [3.63, 3.8) is 0 Å². The minimum Gasteiger partial charge on any atom is -0.481 e. The van der Waals surface area contributed by atoms with Crippen molar-refractivity contribution in [2.75, 3.05) is 26.2 Å². The molecule has 0 unspecified atom stereocenters. The third-order valence-corrected chi connectivity index (χ3v) is 4.52. The lowest BCUT2D eigenvalue weighted by molar-refractivity contribution is -0.144. The monoisotopic (exact) mass is 374 g/mol. The molecule has 2 aromatic rings. The van der Waals surface area contributed by atoms with E-state index in [0.29, 0.717) is 26.2 Å². The Morgan fingerprint density at radius 1 is 1.30 bits per heavy atom. The highest BCUT2D eigenvalue weighted by molar-refractivity contribution is 5.85. The molecule has 144 valence electrons. The Bertz CT molecular complexity index is 830. The second-order valence-electron chi connectivity index (χ2n) is 6.66. The SMILES string of the molecule is Cc1cc(C)n(CCNC(=O)C2CN(C(=O)COc3ccccc3F)C2)n1. The second kappa shape index (κ2) is 8.20. The van der Waals surface area contributed by atoms with Crippen molar-refractivity contribution in [3.05, 3.63) is 47.5 Å². The zero-order valence-corrected chi connectivity index (χ0v) is 15.4. The third-order valence-electron chi connectivity index (χ3n) is 4.52. The molecule has 2 heterocycles. The lowest BCUT2D eigenvalue weighted by Gasteiger charge is -2.38. The molecule has 0 saturated carbocycles. The number of ether oxygens (including phenoxy) is 1. The number of hydrogen-bond acceptors (Lipinski definition) is 4. The van der Waals surface area contributed by atoms with Gasteiger partial charge in [-0.1, -0.05) is 12.1 Å². The van der Waals surface area contributed by atoms with Crippen molar-refractivity contribution in [3.8, 4) is 5.75 Å². The van der Waals surface area contributed by atoms with Gasteiger partial charge in [0, 0.05) is 25.3 Å². The molecule has 0 radical (unpaired) electrons. The largest absolute Gasteiger partial charge is 0.481 e. The fourth-order valence-corrected chi connectivity index (χ4v) is 2.97. The van der Waals surface area contributed by atoms with E-state index in [0.717, 1.165) is 11.4 Å². The number of nitrogens with zero attached hydrogens (tertiary/aromatic N) is 3. The molecule has 1 aliphatic rings. The maximum Gasteiger partial charge on any atom is 0.260 e. The number of para-hydroxylation sites is 1. The first-order chi connectivity index (χ1) is 12.9. The summed E-state index contributed by atoms with van der Waals surface area (Å²) in [6, 6.07) is 7.92. The van der Waals surface area contributed by atoms with Crippen LogP contribution in [0.5, 0.6) is 5.75 Å². The van der Waals surface area contributed by atoms with Gasteiger partial charge in [0.15, 0.2) is 18.2 Å². The van der Waals surface area contributed by atoms with Gasteiger partial charge in [0.25, 0.3) is 5.91 Å². The molecule has 0 atom stereocenters. The average molecular weight is 374 g/mol. The van der Waals surface area contributed by atoms with Gasteiger partial charge in [-0.05, 0) is 32.0 Å². The summed E-state index contributed by atoms with van der Waals surface area (Å²) in [5.74, 6) is -1.01. The Balaban J connectivity index is 1.36. The highest BCUT2D eigenvalue weighted by Gasteiger charge is 2.35. The minimum absolute atomic E-state index is 0.0461. The number of amides is 2. The summed E-state index contributed by atoms with van der Waals surface area (Å²) in [4.78, 5) is 25.7. The number of benzene rings is 1. The zero-order valence-electron chi connectivity index (χ0n) is 15.4. The molecule has 1 fully saturated rings. The molecule has 0 aliphatic carbocycles. The fourth-order valence-electron chi connectivity index (χ4n) is 2.97. The van der Waals surface area contributed by atoms with Gasteiger partial charge in [-0.2, -0.15) is 5.10 Å². The standard InChI is InChI=1S/C19H23FN4O3/c1-13-9-14(2)24(22-13)8-7-21-19(26)15-10-23(11-15)18(25)12-27-17-6-4-3-5-16(17)20/h3-6,9,15H,7-8,10-12H2,1-2H3,(H,21,26). The van der Waals surface area contributed by atoms with Gasteiger partial charge in [0.2, 0.25) is 5.91 Å². The van der Waals surface area contributed by atoms with Crippen LogP contribution < -0.4 is 10.1 Å². The number of likely N-dealkylation sites (tertiary alicyclic amines) is 1. The maximum absolute atomic E-state index is 13.5. The second-order valence-corrected chi connectivity index (χ2v) is 6.66. The third kappa shape index (κ3) is 4.64. The summed E-state index contributed by atoms with van der Waals surface area (Å²) in [5.41, 5.74) is 2.00. The number of aryl methyl sites for hydroxylation is 2. The molecule has 3 rings (SSSR count). The Morgan fingerprint density at radius 3 is 2.70 bits per heavy atom. The van der Waals surface area contributed by atoms with Crippen LogP contribution >= 0.6 is 0 Å². The number of carbonyl (C=O) groups excluding carboxylic acids is 2. The van der Waals surface area contributed by atoms with Gasteiger partial charge in [0.05, 0.1) is 18.2 Å². The molecular weight excluding hydrogens is 351 g/mol. The van der Waals surface area contributed by atoms with Crippen LogP contribution in [0.3, 0.4) is 0 Å². The number of aromatic nitrogens is 2. The molecule has 2 amide bonds. The summed E-state index contributed by atoms with van der Waals surface area (Å²) in [5, 5.41) is 7.22. The Hall–Kier alpha value is -2.90. The molecule has 8 heteroatoms. The van der Waals surface area contributed by atoms with Crippen molar-refractivity contribution in [1.29, 1.82) is 0 Å². The van der Waals surface area contributed by atoms with E-state index in [4.69, 9.17) is 4.74 Å². The Morgan fingerprint density at radius 2 is 2.04 bits per heavy atom. The van der Waals surface area contributed by atoms with Crippen LogP contribution in [-0.2, 0) is 16.1 Å². The molecule has 0 spiro atoms. The molecular formula is C19H23FN4O3. The van der Waals surface area contributed by atoms with E-state index in [-0.39, 0.29) is 30.1 Å². The number of halogens is 1. The quantitative estimate of drug-likeness (QED) is 0.792. The summed E-state index contributed by atoms with van der Waals surface area (Å²) in [7, 11) is 0. The summed E-state index contributed by atoms with van der Waals surface area (Å²) in [6.07, 6.45) is 0. The van der Waals surface area contributed by atoms with E-state index in [1.54, 1.807) is 12.1 Å². The van der Waals surface area contributed by atoms with E-state index in [1.807, 2.05) is 24.6 Å². The molecule has 7 nitrogen and oxygen atoms in total. The van der Waals surface area contributed by atoms with Crippen LogP contribution in [-0.4, -0.2) is 52.7 Å². The summed E-state index contributed by atoms with van der Waals surface area (Å²) in [6.45, 7) is 5.46. The topological polar surface area (TPSA) is 76.5 Å². The predicted octanol–water partition coefficient (Wildman–Crippen LogP) is 1.29. The highest BCUT2D eigenvalue weighted by Crippen LogP contribution is 2.18. The van der Waals surface area contributed by atoms with E-state index in [9.17, 15) is 14.0 Å². The van der Waals surface area contributed by atoms with Crippen molar-refractivity contribution < 1.29 is 18.7 Å². The van der Waals surface area contributed by atoms with Crippen LogP contribution in [0.2, 0.25) is 0 Å². The van der Waals surface area contributed by atoms with Crippen molar-refractivity contribution in [2.45, 2.75) is 20.4 Å². The van der Waals surface area contributed by atoms with Crippen LogP contribution in [0.1, 0.15) is 11.4 Å². The van der Waals surface area contributed by atoms with Gasteiger partial charge in [-0.15, -0.1) is 0 Å². The van der Waals surface area contributed by atoms with Crippen molar-refractivity contribution >= 4 is 11.8 Å². The molecule has 1 aliphatic heterocycles. The van der Waals surface area contributed by atoms with Crippen LogP contribution in [0.15, 0.2) is 30.3 Å². The van der Waals surface area contributed by atoms with Gasteiger partial charge in [0.1, 0.15) is 0 Å². The van der Waals surface area contributed by atoms with Gasteiger partial charge < -0.3 is 15.0 Å². The number of carbonyl (C=O) groups is 2. The smallest absolute Gasteiger partial charge is 0.260 e. The normalized spacial score (nSPS) is 14.0. The first-order valence-electron chi connectivity index (χ1n) is 8.88.